The van der Waals surface area contributed by atoms with Crippen molar-refractivity contribution in [2.24, 2.45) is 11.3 Å². The number of carbonyl (C=O) groups excluding carboxylic acids is 1. The molecule has 3 fully saturated rings. The van der Waals surface area contributed by atoms with Crippen molar-refractivity contribution in [3.05, 3.63) is 30.1 Å². The first kappa shape index (κ1) is 16.8. The summed E-state index contributed by atoms with van der Waals surface area (Å²) in [5.41, 5.74) is 0.795. The number of benzene rings is 1. The molecule has 1 amide bonds. The molecule has 0 saturated carbocycles. The molecule has 0 N–H and O–H groups in total. The second-order valence-corrected chi connectivity index (χ2v) is 7.33. The summed E-state index contributed by atoms with van der Waals surface area (Å²) in [4.78, 5) is 17.4. The molecule has 6 heteroatoms. The fraction of sp³-hybridized carbons (Fsp3) is 0.632. The molecule has 0 aromatic heterocycles. The zero-order valence-electron chi connectivity index (χ0n) is 14.5. The van der Waals surface area contributed by atoms with Crippen molar-refractivity contribution in [2.75, 3.05) is 57.5 Å². The van der Waals surface area contributed by atoms with E-state index < -0.39 is 0 Å². The maximum atomic E-state index is 13.7. The Balaban J connectivity index is 1.59. The molecule has 1 spiro atoms. The number of hydrogen-bond donors (Lipinski definition) is 0. The second-order valence-electron chi connectivity index (χ2n) is 7.33. The largest absolute Gasteiger partial charge is 0.381 e. The third kappa shape index (κ3) is 3.25. The smallest absolute Gasteiger partial charge is 0.228 e. The van der Waals surface area contributed by atoms with Gasteiger partial charge in [0.2, 0.25) is 5.91 Å². The van der Waals surface area contributed by atoms with Gasteiger partial charge in [0, 0.05) is 50.5 Å². The summed E-state index contributed by atoms with van der Waals surface area (Å²) in [6.07, 6.45) is 1.78. The summed E-state index contributed by atoms with van der Waals surface area (Å²) in [6, 6.07) is 6.69. The van der Waals surface area contributed by atoms with Crippen LogP contribution in [0.1, 0.15) is 12.8 Å². The van der Waals surface area contributed by atoms with Crippen LogP contribution >= 0.6 is 0 Å². The van der Waals surface area contributed by atoms with Crippen LogP contribution in [0.25, 0.3) is 0 Å². The molecule has 3 saturated heterocycles. The van der Waals surface area contributed by atoms with E-state index in [0.717, 1.165) is 25.1 Å². The summed E-state index contributed by atoms with van der Waals surface area (Å²) in [6.45, 7) is 5.40. The molecular formula is C19H25FN2O3. The van der Waals surface area contributed by atoms with Gasteiger partial charge < -0.3 is 19.3 Å². The molecule has 4 rings (SSSR count). The zero-order valence-corrected chi connectivity index (χ0v) is 14.5. The predicted molar refractivity (Wildman–Crippen MR) is 92.0 cm³/mol. The average Bonchev–Trinajstić information content (AvgIpc) is 3.01. The van der Waals surface area contributed by atoms with Crippen LogP contribution in [0.15, 0.2) is 24.3 Å². The van der Waals surface area contributed by atoms with Gasteiger partial charge in [0.15, 0.2) is 0 Å². The molecule has 0 radical (unpaired) electrons. The molecule has 0 bridgehead atoms. The molecule has 1 atom stereocenters. The van der Waals surface area contributed by atoms with E-state index in [-0.39, 0.29) is 23.1 Å². The summed E-state index contributed by atoms with van der Waals surface area (Å²) in [5.74, 6) is -0.0663. The maximum Gasteiger partial charge on any atom is 0.228 e. The van der Waals surface area contributed by atoms with Crippen molar-refractivity contribution in [3.8, 4) is 0 Å². The monoisotopic (exact) mass is 348 g/mol. The molecule has 1 aromatic carbocycles. The van der Waals surface area contributed by atoms with Gasteiger partial charge in [-0.05, 0) is 31.0 Å². The van der Waals surface area contributed by atoms with E-state index in [9.17, 15) is 9.18 Å². The Morgan fingerprint density at radius 2 is 1.84 bits per heavy atom. The predicted octanol–water partition coefficient (Wildman–Crippen LogP) is 1.92. The van der Waals surface area contributed by atoms with Crippen molar-refractivity contribution in [1.82, 2.24) is 4.90 Å². The Bertz CT molecular complexity index is 627. The highest BCUT2D eigenvalue weighted by atomic mass is 19.1. The van der Waals surface area contributed by atoms with Crippen molar-refractivity contribution < 1.29 is 18.7 Å². The van der Waals surface area contributed by atoms with E-state index in [1.165, 1.54) is 6.07 Å². The summed E-state index contributed by atoms with van der Waals surface area (Å²) < 4.78 is 24.6. The van der Waals surface area contributed by atoms with Crippen LogP contribution in [0.5, 0.6) is 0 Å². The van der Waals surface area contributed by atoms with Crippen LogP contribution in [-0.4, -0.2) is 63.4 Å². The van der Waals surface area contributed by atoms with Gasteiger partial charge in [-0.25, -0.2) is 4.39 Å². The van der Waals surface area contributed by atoms with Crippen LogP contribution < -0.4 is 4.90 Å². The number of halogens is 1. The normalized spacial score (nSPS) is 26.2. The van der Waals surface area contributed by atoms with E-state index in [2.05, 4.69) is 4.90 Å². The van der Waals surface area contributed by atoms with E-state index in [0.29, 0.717) is 46.1 Å². The van der Waals surface area contributed by atoms with Gasteiger partial charge in [0.25, 0.3) is 0 Å². The Hall–Kier alpha value is -1.66. The lowest BCUT2D eigenvalue weighted by atomic mass is 9.71. The number of nitrogens with zero attached hydrogens (tertiary/aromatic N) is 2. The van der Waals surface area contributed by atoms with E-state index in [4.69, 9.17) is 9.47 Å². The minimum Gasteiger partial charge on any atom is -0.381 e. The van der Waals surface area contributed by atoms with Gasteiger partial charge in [0.05, 0.1) is 19.1 Å². The van der Waals surface area contributed by atoms with Gasteiger partial charge in [-0.3, -0.25) is 4.79 Å². The number of anilines is 1. The summed E-state index contributed by atoms with van der Waals surface area (Å²) >= 11 is 0. The molecule has 25 heavy (non-hydrogen) atoms. The van der Waals surface area contributed by atoms with Gasteiger partial charge >= 0.3 is 0 Å². The lowest BCUT2D eigenvalue weighted by Crippen LogP contribution is -2.49. The van der Waals surface area contributed by atoms with Gasteiger partial charge in [0.1, 0.15) is 5.82 Å². The van der Waals surface area contributed by atoms with E-state index in [1.807, 2.05) is 11.0 Å². The number of hydrogen-bond acceptors (Lipinski definition) is 4. The maximum absolute atomic E-state index is 13.7. The minimum absolute atomic E-state index is 0.0576. The minimum atomic E-state index is -0.235. The number of rotatable bonds is 2. The number of morpholine rings is 1. The fourth-order valence-electron chi connectivity index (χ4n) is 4.47. The molecule has 3 aliphatic heterocycles. The lowest BCUT2D eigenvalue weighted by Gasteiger charge is -2.39. The highest BCUT2D eigenvalue weighted by Gasteiger charge is 2.51. The van der Waals surface area contributed by atoms with Crippen LogP contribution in [0.3, 0.4) is 0 Å². The molecule has 0 aliphatic carbocycles. The van der Waals surface area contributed by atoms with Crippen molar-refractivity contribution in [2.45, 2.75) is 12.8 Å². The Morgan fingerprint density at radius 3 is 2.56 bits per heavy atom. The van der Waals surface area contributed by atoms with Crippen LogP contribution in [-0.2, 0) is 14.3 Å². The summed E-state index contributed by atoms with van der Waals surface area (Å²) in [5, 5.41) is 0. The van der Waals surface area contributed by atoms with Crippen LogP contribution in [0.2, 0.25) is 0 Å². The van der Waals surface area contributed by atoms with Crippen molar-refractivity contribution in [3.63, 3.8) is 0 Å². The molecule has 3 aliphatic rings. The SMILES string of the molecule is O=C([C@@H]1CN(c2cccc(F)c2)CC12CCOCC2)N1CCOCC1. The van der Waals surface area contributed by atoms with Crippen LogP contribution in [0.4, 0.5) is 10.1 Å². The first-order valence-electron chi connectivity index (χ1n) is 9.13. The van der Waals surface area contributed by atoms with Crippen molar-refractivity contribution in [1.29, 1.82) is 0 Å². The molecule has 3 heterocycles. The van der Waals surface area contributed by atoms with Crippen molar-refractivity contribution >= 4 is 11.6 Å². The highest BCUT2D eigenvalue weighted by molar-refractivity contribution is 5.81. The van der Waals surface area contributed by atoms with E-state index >= 15 is 0 Å². The fourth-order valence-corrected chi connectivity index (χ4v) is 4.47. The molecule has 0 unspecified atom stereocenters. The standard InChI is InChI=1S/C19H25FN2O3/c20-15-2-1-3-16(12-15)22-13-17(18(23)21-6-10-25-11-7-21)19(14-22)4-8-24-9-5-19/h1-3,12,17H,4-11,13-14H2/t17-/m0/s1. The van der Waals surface area contributed by atoms with Crippen LogP contribution in [0, 0.1) is 17.2 Å². The molecule has 5 nitrogen and oxygen atoms in total. The van der Waals surface area contributed by atoms with Gasteiger partial charge in [-0.15, -0.1) is 0 Å². The number of carbonyl (C=O) groups is 1. The number of amides is 1. The molecule has 136 valence electrons. The third-order valence-electron chi connectivity index (χ3n) is 5.93. The topological polar surface area (TPSA) is 42.0 Å². The first-order chi connectivity index (χ1) is 12.2. The first-order valence-corrected chi connectivity index (χ1v) is 9.13. The third-order valence-corrected chi connectivity index (χ3v) is 5.93. The van der Waals surface area contributed by atoms with Gasteiger partial charge in [-0.1, -0.05) is 6.07 Å². The Kier molecular flexibility index (Phi) is 4.65. The number of ether oxygens (including phenoxy) is 2. The average molecular weight is 348 g/mol. The van der Waals surface area contributed by atoms with E-state index in [1.54, 1.807) is 12.1 Å². The summed E-state index contributed by atoms with van der Waals surface area (Å²) in [7, 11) is 0. The Morgan fingerprint density at radius 1 is 1.12 bits per heavy atom. The molecule has 1 aromatic rings. The quantitative estimate of drug-likeness (QED) is 0.819. The molecular weight excluding hydrogens is 323 g/mol. The lowest BCUT2D eigenvalue weighted by molar-refractivity contribution is -0.144. The second kappa shape index (κ2) is 6.92. The zero-order chi connectivity index (χ0) is 17.3. The van der Waals surface area contributed by atoms with Gasteiger partial charge in [-0.2, -0.15) is 0 Å². The Labute approximate surface area is 147 Å². The highest BCUT2D eigenvalue weighted by Crippen LogP contribution is 2.46.